The molecule has 0 radical (unpaired) electrons. The van der Waals surface area contributed by atoms with Crippen LogP contribution in [0.2, 0.25) is 5.02 Å². The van der Waals surface area contributed by atoms with Crippen molar-refractivity contribution in [2.75, 3.05) is 56.2 Å². The Kier molecular flexibility index (Phi) is 8.58. The first-order chi connectivity index (χ1) is 18.6. The monoisotopic (exact) mass is 532 g/mol. The van der Waals surface area contributed by atoms with E-state index in [1.54, 1.807) is 30.3 Å². The molecule has 1 fully saturated rings. The van der Waals surface area contributed by atoms with Crippen LogP contribution in [0.3, 0.4) is 0 Å². The molecule has 8 heteroatoms. The van der Waals surface area contributed by atoms with Gasteiger partial charge in [0.15, 0.2) is 0 Å². The Morgan fingerprint density at radius 1 is 0.895 bits per heavy atom. The quantitative estimate of drug-likeness (QED) is 0.415. The molecule has 38 heavy (non-hydrogen) atoms. The van der Waals surface area contributed by atoms with E-state index in [4.69, 9.17) is 16.3 Å². The molecule has 2 aliphatic rings. The van der Waals surface area contributed by atoms with Gasteiger partial charge in [0.05, 0.1) is 18.8 Å². The number of carbonyl (C=O) groups is 2. The summed E-state index contributed by atoms with van der Waals surface area (Å²) in [6.07, 6.45) is 1.79. The molecule has 5 rings (SSSR count). The standard InChI is InChI=1S/C30H33ClN4O3/c31-25-8-6-23(7-9-25)29(36)33-26-10-11-28(35-15-12-22-4-1-2-5-24(22)21-35)27(20-26)30(37)32-13-3-14-34-16-18-38-19-17-34/h1-2,4-11,20H,3,12-19,21H2,(H,32,37)(H,33,36). The van der Waals surface area contributed by atoms with Crippen LogP contribution in [0.25, 0.3) is 0 Å². The van der Waals surface area contributed by atoms with Crippen LogP contribution in [0.4, 0.5) is 11.4 Å². The van der Waals surface area contributed by atoms with E-state index in [1.807, 2.05) is 12.1 Å². The number of rotatable bonds is 8. The molecule has 198 valence electrons. The molecule has 0 aliphatic carbocycles. The van der Waals surface area contributed by atoms with Gasteiger partial charge in [-0.3, -0.25) is 14.5 Å². The van der Waals surface area contributed by atoms with E-state index in [0.29, 0.717) is 28.4 Å². The summed E-state index contributed by atoms with van der Waals surface area (Å²) in [6.45, 7) is 6.48. The summed E-state index contributed by atoms with van der Waals surface area (Å²) in [5, 5.41) is 6.61. The largest absolute Gasteiger partial charge is 0.379 e. The van der Waals surface area contributed by atoms with E-state index in [2.05, 4.69) is 44.7 Å². The summed E-state index contributed by atoms with van der Waals surface area (Å²) in [5.74, 6) is -0.387. The first-order valence-corrected chi connectivity index (χ1v) is 13.6. The number of anilines is 2. The maximum atomic E-state index is 13.5. The van der Waals surface area contributed by atoms with Crippen molar-refractivity contribution in [2.24, 2.45) is 0 Å². The Hall–Kier alpha value is -3.39. The fourth-order valence-electron chi connectivity index (χ4n) is 5.00. The highest BCUT2D eigenvalue weighted by Gasteiger charge is 2.22. The molecule has 0 aromatic heterocycles. The van der Waals surface area contributed by atoms with Crippen LogP contribution in [-0.2, 0) is 17.7 Å². The van der Waals surface area contributed by atoms with Crippen LogP contribution in [0.1, 0.15) is 38.3 Å². The zero-order valence-corrected chi connectivity index (χ0v) is 22.2. The van der Waals surface area contributed by atoms with Crippen molar-refractivity contribution in [1.29, 1.82) is 0 Å². The Labute approximate surface area is 228 Å². The third-order valence-electron chi connectivity index (χ3n) is 7.12. The summed E-state index contributed by atoms with van der Waals surface area (Å²) in [5.41, 5.74) is 5.13. The van der Waals surface area contributed by atoms with Gasteiger partial charge in [-0.1, -0.05) is 35.9 Å². The molecule has 2 N–H and O–H groups in total. The highest BCUT2D eigenvalue weighted by Crippen LogP contribution is 2.30. The van der Waals surface area contributed by atoms with Gasteiger partial charge in [0.25, 0.3) is 11.8 Å². The topological polar surface area (TPSA) is 73.9 Å². The molecule has 2 aliphatic heterocycles. The smallest absolute Gasteiger partial charge is 0.255 e. The molecule has 0 spiro atoms. The molecule has 0 saturated carbocycles. The number of carbonyl (C=O) groups excluding carboxylic acids is 2. The highest BCUT2D eigenvalue weighted by atomic mass is 35.5. The predicted molar refractivity (Wildman–Crippen MR) is 151 cm³/mol. The number of hydrogen-bond acceptors (Lipinski definition) is 5. The minimum atomic E-state index is -0.252. The molecule has 0 bridgehead atoms. The lowest BCUT2D eigenvalue weighted by atomic mass is 9.98. The van der Waals surface area contributed by atoms with E-state index >= 15 is 0 Å². The van der Waals surface area contributed by atoms with Crippen molar-refractivity contribution in [3.05, 3.63) is 94.0 Å². The van der Waals surface area contributed by atoms with Crippen LogP contribution in [-0.4, -0.2) is 62.7 Å². The molecule has 0 unspecified atom stereocenters. The Bertz CT molecular complexity index is 1270. The summed E-state index contributed by atoms with van der Waals surface area (Å²) >= 11 is 5.96. The number of amides is 2. The number of nitrogens with zero attached hydrogens (tertiary/aromatic N) is 2. The van der Waals surface area contributed by atoms with E-state index in [9.17, 15) is 9.59 Å². The van der Waals surface area contributed by atoms with Crippen molar-refractivity contribution in [1.82, 2.24) is 10.2 Å². The fourth-order valence-corrected chi connectivity index (χ4v) is 5.13. The first kappa shape index (κ1) is 26.2. The summed E-state index contributed by atoms with van der Waals surface area (Å²) in [7, 11) is 0. The molecule has 0 atom stereocenters. The maximum Gasteiger partial charge on any atom is 0.255 e. The molecule has 3 aromatic carbocycles. The normalized spacial score (nSPS) is 15.6. The van der Waals surface area contributed by atoms with Crippen LogP contribution < -0.4 is 15.5 Å². The number of benzene rings is 3. The lowest BCUT2D eigenvalue weighted by molar-refractivity contribution is 0.0374. The van der Waals surface area contributed by atoms with Gasteiger partial charge < -0.3 is 20.3 Å². The van der Waals surface area contributed by atoms with Crippen molar-refractivity contribution >= 4 is 34.8 Å². The molecular weight excluding hydrogens is 500 g/mol. The van der Waals surface area contributed by atoms with E-state index in [-0.39, 0.29) is 11.8 Å². The van der Waals surface area contributed by atoms with Gasteiger partial charge in [-0.15, -0.1) is 0 Å². The Balaban J connectivity index is 1.32. The van der Waals surface area contributed by atoms with Gasteiger partial charge >= 0.3 is 0 Å². The average Bonchev–Trinajstić information content (AvgIpc) is 2.96. The van der Waals surface area contributed by atoms with Crippen LogP contribution in [0.15, 0.2) is 66.7 Å². The number of hydrogen-bond donors (Lipinski definition) is 2. The molecule has 2 heterocycles. The van der Waals surface area contributed by atoms with Crippen LogP contribution >= 0.6 is 11.6 Å². The van der Waals surface area contributed by atoms with E-state index in [0.717, 1.165) is 64.5 Å². The van der Waals surface area contributed by atoms with Crippen molar-refractivity contribution in [2.45, 2.75) is 19.4 Å². The molecule has 3 aromatic rings. The third-order valence-corrected chi connectivity index (χ3v) is 7.37. The van der Waals surface area contributed by atoms with Crippen molar-refractivity contribution < 1.29 is 14.3 Å². The third kappa shape index (κ3) is 6.54. The summed E-state index contributed by atoms with van der Waals surface area (Å²) in [4.78, 5) is 30.9. The van der Waals surface area contributed by atoms with Gasteiger partial charge in [0.1, 0.15) is 0 Å². The minimum absolute atomic E-state index is 0.136. The zero-order valence-electron chi connectivity index (χ0n) is 21.4. The van der Waals surface area contributed by atoms with E-state index < -0.39 is 0 Å². The molecule has 2 amide bonds. The lowest BCUT2D eigenvalue weighted by Crippen LogP contribution is -2.38. The van der Waals surface area contributed by atoms with Crippen molar-refractivity contribution in [3.63, 3.8) is 0 Å². The number of ether oxygens (including phenoxy) is 1. The molecule has 7 nitrogen and oxygen atoms in total. The van der Waals surface area contributed by atoms with E-state index in [1.165, 1.54) is 11.1 Å². The van der Waals surface area contributed by atoms with Crippen molar-refractivity contribution in [3.8, 4) is 0 Å². The van der Waals surface area contributed by atoms with Gasteiger partial charge in [0, 0.05) is 54.7 Å². The maximum absolute atomic E-state index is 13.5. The number of halogens is 1. The highest BCUT2D eigenvalue weighted by molar-refractivity contribution is 6.30. The second-order valence-corrected chi connectivity index (χ2v) is 10.1. The zero-order chi connectivity index (χ0) is 26.3. The SMILES string of the molecule is O=C(Nc1ccc(N2CCc3ccccc3C2)c(C(=O)NCCCN2CCOCC2)c1)c1ccc(Cl)cc1. The molecule has 1 saturated heterocycles. The van der Waals surface area contributed by atoms with Crippen LogP contribution in [0, 0.1) is 0 Å². The van der Waals surface area contributed by atoms with Gasteiger partial charge in [0.2, 0.25) is 0 Å². The van der Waals surface area contributed by atoms with Gasteiger partial charge in [-0.25, -0.2) is 0 Å². The lowest BCUT2D eigenvalue weighted by Gasteiger charge is -2.32. The number of nitrogens with one attached hydrogen (secondary N) is 2. The summed E-state index contributed by atoms with van der Waals surface area (Å²) < 4.78 is 5.42. The second kappa shape index (κ2) is 12.4. The Morgan fingerprint density at radius 2 is 1.66 bits per heavy atom. The number of morpholine rings is 1. The first-order valence-electron chi connectivity index (χ1n) is 13.2. The molecular formula is C30H33ClN4O3. The van der Waals surface area contributed by atoms with Gasteiger partial charge in [-0.2, -0.15) is 0 Å². The van der Waals surface area contributed by atoms with Gasteiger partial charge in [-0.05, 0) is 73.0 Å². The predicted octanol–water partition coefficient (Wildman–Crippen LogP) is 4.61. The minimum Gasteiger partial charge on any atom is -0.379 e. The average molecular weight is 533 g/mol. The number of fused-ring (bicyclic) bond motifs is 1. The second-order valence-electron chi connectivity index (χ2n) is 9.70. The fraction of sp³-hybridized carbons (Fsp3) is 0.333. The van der Waals surface area contributed by atoms with Crippen LogP contribution in [0.5, 0.6) is 0 Å². The summed E-state index contributed by atoms with van der Waals surface area (Å²) in [6, 6.07) is 20.7. The Morgan fingerprint density at radius 3 is 2.45 bits per heavy atom.